The molecular weight excluding hydrogens is 366 g/mol. The highest BCUT2D eigenvalue weighted by molar-refractivity contribution is 5.93. The molecular formula is C17H15F4N5O. The Labute approximate surface area is 151 Å². The average Bonchev–Trinajstić information content (AvgIpc) is 3.25. The molecule has 10 heteroatoms. The van der Waals surface area contributed by atoms with E-state index in [2.05, 4.69) is 15.5 Å². The lowest BCUT2D eigenvalue weighted by Gasteiger charge is -2.13. The maximum atomic E-state index is 13.8. The lowest BCUT2D eigenvalue weighted by molar-refractivity contribution is -0.119. The van der Waals surface area contributed by atoms with Crippen LogP contribution in [0.15, 0.2) is 30.7 Å². The highest BCUT2D eigenvalue weighted by Crippen LogP contribution is 2.20. The summed E-state index contributed by atoms with van der Waals surface area (Å²) in [6, 6.07) is 1.44. The quantitative estimate of drug-likeness (QED) is 0.419. The fourth-order valence-electron chi connectivity index (χ4n) is 2.57. The van der Waals surface area contributed by atoms with Crippen molar-refractivity contribution in [1.82, 2.24) is 19.6 Å². The van der Waals surface area contributed by atoms with Gasteiger partial charge < -0.3 is 5.32 Å². The molecule has 2 heterocycles. The van der Waals surface area contributed by atoms with E-state index in [0.29, 0.717) is 0 Å². The third kappa shape index (κ3) is 3.69. The molecule has 1 N–H and O–H groups in total. The van der Waals surface area contributed by atoms with Crippen molar-refractivity contribution >= 4 is 11.6 Å². The lowest BCUT2D eigenvalue weighted by atomic mass is 10.2. The van der Waals surface area contributed by atoms with Crippen molar-refractivity contribution in [3.8, 4) is 0 Å². The number of rotatable bonds is 5. The summed E-state index contributed by atoms with van der Waals surface area (Å²) < 4.78 is 56.4. The largest absolute Gasteiger partial charge is 0.322 e. The highest BCUT2D eigenvalue weighted by atomic mass is 19.2. The van der Waals surface area contributed by atoms with Crippen LogP contribution >= 0.6 is 0 Å². The van der Waals surface area contributed by atoms with E-state index in [1.165, 1.54) is 17.1 Å². The molecule has 1 atom stereocenters. The van der Waals surface area contributed by atoms with Crippen molar-refractivity contribution in [1.29, 1.82) is 0 Å². The number of carbonyl (C=O) groups is 1. The number of carbonyl (C=O) groups excluding carboxylic acids is 1. The second-order valence-corrected chi connectivity index (χ2v) is 5.96. The van der Waals surface area contributed by atoms with Crippen molar-refractivity contribution in [2.75, 3.05) is 5.32 Å². The molecule has 3 aromatic rings. The standard InChI is InChI=1S/C17H15F4N5O/c1-9-3-4-22-26(9)10(2)17(27)24-11-6-23-25(7-11)8-12-13(18)5-14(19)16(21)15(12)20/h3-7,10H,8H2,1-2H3,(H,24,27). The van der Waals surface area contributed by atoms with Gasteiger partial charge in [0.2, 0.25) is 5.91 Å². The summed E-state index contributed by atoms with van der Waals surface area (Å²) in [4.78, 5) is 12.3. The third-order valence-electron chi connectivity index (χ3n) is 4.04. The fraction of sp³-hybridized carbons (Fsp3) is 0.235. The highest BCUT2D eigenvalue weighted by Gasteiger charge is 2.20. The Balaban J connectivity index is 1.73. The molecule has 1 amide bonds. The van der Waals surface area contributed by atoms with Gasteiger partial charge in [-0.2, -0.15) is 10.2 Å². The number of hydrogen-bond donors (Lipinski definition) is 1. The van der Waals surface area contributed by atoms with Gasteiger partial charge in [0.15, 0.2) is 17.5 Å². The first-order chi connectivity index (χ1) is 12.8. The second kappa shape index (κ2) is 7.22. The molecule has 0 spiro atoms. The normalized spacial score (nSPS) is 12.2. The van der Waals surface area contributed by atoms with Gasteiger partial charge in [-0.3, -0.25) is 14.2 Å². The van der Waals surface area contributed by atoms with Crippen LogP contribution in [0.5, 0.6) is 0 Å². The van der Waals surface area contributed by atoms with Crippen molar-refractivity contribution in [3.63, 3.8) is 0 Å². The predicted octanol–water partition coefficient (Wildman–Crippen LogP) is 3.19. The number of hydrogen-bond acceptors (Lipinski definition) is 3. The third-order valence-corrected chi connectivity index (χ3v) is 4.04. The molecule has 0 saturated heterocycles. The van der Waals surface area contributed by atoms with Gasteiger partial charge in [-0.15, -0.1) is 0 Å². The first-order valence-corrected chi connectivity index (χ1v) is 7.93. The van der Waals surface area contributed by atoms with Crippen LogP contribution in [0, 0.1) is 30.2 Å². The van der Waals surface area contributed by atoms with Gasteiger partial charge in [-0.25, -0.2) is 17.6 Å². The van der Waals surface area contributed by atoms with Crippen LogP contribution in [0.3, 0.4) is 0 Å². The van der Waals surface area contributed by atoms with E-state index in [4.69, 9.17) is 0 Å². The Morgan fingerprint density at radius 3 is 2.59 bits per heavy atom. The number of aryl methyl sites for hydroxylation is 1. The van der Waals surface area contributed by atoms with Gasteiger partial charge in [-0.1, -0.05) is 0 Å². The molecule has 2 aromatic heterocycles. The summed E-state index contributed by atoms with van der Waals surface area (Å²) in [5.74, 6) is -6.57. The number of benzene rings is 1. The van der Waals surface area contributed by atoms with E-state index in [-0.39, 0.29) is 17.7 Å². The Hall–Kier alpha value is -3.17. The smallest absolute Gasteiger partial charge is 0.249 e. The van der Waals surface area contributed by atoms with Gasteiger partial charge >= 0.3 is 0 Å². The molecule has 6 nitrogen and oxygen atoms in total. The molecule has 0 saturated carbocycles. The zero-order valence-corrected chi connectivity index (χ0v) is 14.4. The Morgan fingerprint density at radius 2 is 1.93 bits per heavy atom. The minimum absolute atomic E-state index is 0.272. The molecule has 3 rings (SSSR count). The van der Waals surface area contributed by atoms with Gasteiger partial charge in [0.25, 0.3) is 0 Å². The fourth-order valence-corrected chi connectivity index (χ4v) is 2.57. The maximum absolute atomic E-state index is 13.8. The van der Waals surface area contributed by atoms with Crippen LogP contribution in [0.2, 0.25) is 0 Å². The maximum Gasteiger partial charge on any atom is 0.249 e. The first kappa shape index (κ1) is 18.6. The van der Waals surface area contributed by atoms with Crippen molar-refractivity contribution in [2.45, 2.75) is 26.4 Å². The molecule has 0 aliphatic heterocycles. The molecule has 0 fully saturated rings. The number of nitrogens with zero attached hydrogens (tertiary/aromatic N) is 4. The summed E-state index contributed by atoms with van der Waals surface area (Å²) in [5, 5.41) is 10.5. The number of amides is 1. The second-order valence-electron chi connectivity index (χ2n) is 5.96. The Kier molecular flexibility index (Phi) is 4.98. The Morgan fingerprint density at radius 1 is 1.19 bits per heavy atom. The molecule has 0 aliphatic rings. The number of halogens is 4. The summed E-state index contributed by atoms with van der Waals surface area (Å²) in [6.07, 6.45) is 4.17. The van der Waals surface area contributed by atoms with Crippen LogP contribution in [0.4, 0.5) is 23.2 Å². The molecule has 0 bridgehead atoms. The monoisotopic (exact) mass is 381 g/mol. The van der Waals surface area contributed by atoms with E-state index < -0.39 is 41.4 Å². The van der Waals surface area contributed by atoms with E-state index in [0.717, 1.165) is 10.4 Å². The van der Waals surface area contributed by atoms with Crippen LogP contribution < -0.4 is 5.32 Å². The van der Waals surface area contributed by atoms with Crippen molar-refractivity contribution < 1.29 is 22.4 Å². The predicted molar refractivity (Wildman–Crippen MR) is 87.9 cm³/mol. The minimum atomic E-state index is -1.75. The van der Waals surface area contributed by atoms with Gasteiger partial charge in [0, 0.05) is 29.7 Å². The van der Waals surface area contributed by atoms with Gasteiger partial charge in [-0.05, 0) is 19.9 Å². The summed E-state index contributed by atoms with van der Waals surface area (Å²) in [7, 11) is 0. The number of anilines is 1. The molecule has 0 radical (unpaired) electrons. The van der Waals surface area contributed by atoms with Crippen molar-refractivity contribution in [3.05, 3.63) is 65.2 Å². The zero-order chi connectivity index (χ0) is 19.7. The first-order valence-electron chi connectivity index (χ1n) is 7.93. The molecule has 142 valence electrons. The summed E-state index contributed by atoms with van der Waals surface area (Å²) in [5.41, 5.74) is 0.410. The van der Waals surface area contributed by atoms with Crippen LogP contribution in [0.1, 0.15) is 24.2 Å². The van der Waals surface area contributed by atoms with Gasteiger partial charge in [0.1, 0.15) is 11.9 Å². The molecule has 1 aromatic carbocycles. The van der Waals surface area contributed by atoms with Crippen LogP contribution in [-0.4, -0.2) is 25.5 Å². The van der Waals surface area contributed by atoms with Gasteiger partial charge in [0.05, 0.1) is 18.4 Å². The minimum Gasteiger partial charge on any atom is -0.322 e. The van der Waals surface area contributed by atoms with E-state index in [9.17, 15) is 22.4 Å². The molecule has 1 unspecified atom stereocenters. The van der Waals surface area contributed by atoms with Crippen LogP contribution in [-0.2, 0) is 11.3 Å². The zero-order valence-electron chi connectivity index (χ0n) is 14.4. The van der Waals surface area contributed by atoms with E-state index in [1.807, 2.05) is 0 Å². The lowest BCUT2D eigenvalue weighted by Crippen LogP contribution is -2.25. The number of nitrogens with one attached hydrogen (secondary N) is 1. The molecule has 27 heavy (non-hydrogen) atoms. The van der Waals surface area contributed by atoms with E-state index >= 15 is 0 Å². The van der Waals surface area contributed by atoms with Crippen molar-refractivity contribution in [2.24, 2.45) is 0 Å². The molecule has 0 aliphatic carbocycles. The summed E-state index contributed by atoms with van der Waals surface area (Å²) in [6.45, 7) is 2.99. The van der Waals surface area contributed by atoms with E-state index in [1.54, 1.807) is 26.1 Å². The average molecular weight is 381 g/mol. The summed E-state index contributed by atoms with van der Waals surface area (Å²) >= 11 is 0. The topological polar surface area (TPSA) is 64.7 Å². The number of aromatic nitrogens is 4. The Bertz CT molecular complexity index is 997. The SMILES string of the molecule is Cc1ccnn1C(C)C(=O)Nc1cnn(Cc2c(F)cc(F)c(F)c2F)c1. The van der Waals surface area contributed by atoms with Crippen LogP contribution in [0.25, 0.3) is 0 Å².